The van der Waals surface area contributed by atoms with E-state index in [2.05, 4.69) is 38.2 Å². The van der Waals surface area contributed by atoms with Gasteiger partial charge in [0.15, 0.2) is 0 Å². The Balaban J connectivity index is 0.00000242. The van der Waals surface area contributed by atoms with Crippen LogP contribution in [-0.4, -0.2) is 43.1 Å². The molecule has 1 atom stereocenters. The number of rotatable bonds is 5. The largest absolute Gasteiger partial charge is 0.493 e. The molecule has 1 aromatic rings. The molecule has 124 valence electrons. The molecule has 0 spiro atoms. The number of amides is 1. The van der Waals surface area contributed by atoms with E-state index in [4.69, 9.17) is 4.74 Å². The van der Waals surface area contributed by atoms with Crippen LogP contribution >= 0.6 is 12.4 Å². The molecule has 4 nitrogen and oxygen atoms in total. The zero-order valence-corrected chi connectivity index (χ0v) is 14.5. The second-order valence-corrected chi connectivity index (χ2v) is 5.92. The zero-order valence-electron chi connectivity index (χ0n) is 13.7. The van der Waals surface area contributed by atoms with Crippen LogP contribution in [-0.2, 0) is 4.79 Å². The van der Waals surface area contributed by atoms with Crippen molar-refractivity contribution in [1.82, 2.24) is 10.2 Å². The van der Waals surface area contributed by atoms with Crippen LogP contribution in [0.5, 0.6) is 5.75 Å². The van der Waals surface area contributed by atoms with E-state index in [-0.39, 0.29) is 18.3 Å². The van der Waals surface area contributed by atoms with Crippen LogP contribution in [0.1, 0.15) is 30.9 Å². The van der Waals surface area contributed by atoms with Gasteiger partial charge in [-0.15, -0.1) is 12.4 Å². The van der Waals surface area contributed by atoms with Gasteiger partial charge in [-0.1, -0.05) is 17.7 Å². The molecule has 5 heteroatoms. The van der Waals surface area contributed by atoms with Crippen molar-refractivity contribution in [3.63, 3.8) is 0 Å². The van der Waals surface area contributed by atoms with E-state index in [0.29, 0.717) is 19.1 Å². The number of hydrogen-bond acceptors (Lipinski definition) is 3. The molecule has 22 heavy (non-hydrogen) atoms. The number of halogens is 1. The van der Waals surface area contributed by atoms with Gasteiger partial charge in [-0.05, 0) is 38.8 Å². The Morgan fingerprint density at radius 2 is 2.18 bits per heavy atom. The number of carbonyl (C=O) groups excluding carboxylic acids is 1. The molecule has 1 aliphatic heterocycles. The van der Waals surface area contributed by atoms with Crippen molar-refractivity contribution < 1.29 is 9.53 Å². The van der Waals surface area contributed by atoms with Crippen LogP contribution in [0.3, 0.4) is 0 Å². The Morgan fingerprint density at radius 1 is 1.41 bits per heavy atom. The summed E-state index contributed by atoms with van der Waals surface area (Å²) in [4.78, 5) is 14.1. The SMILES string of the molecule is Cc1ccc(OCCCC(=O)N2CCN[C@H](C)C2)c(C)c1.Cl. The van der Waals surface area contributed by atoms with Gasteiger partial charge < -0.3 is 15.0 Å². The Kier molecular flexibility index (Phi) is 7.69. The fourth-order valence-electron chi connectivity index (χ4n) is 2.68. The lowest BCUT2D eigenvalue weighted by molar-refractivity contribution is -0.132. The van der Waals surface area contributed by atoms with E-state index in [9.17, 15) is 4.79 Å². The van der Waals surface area contributed by atoms with E-state index in [1.165, 1.54) is 5.56 Å². The maximum absolute atomic E-state index is 12.1. The fourth-order valence-corrected chi connectivity index (χ4v) is 2.68. The molecule has 2 rings (SSSR count). The van der Waals surface area contributed by atoms with Crippen molar-refractivity contribution in [2.75, 3.05) is 26.2 Å². The van der Waals surface area contributed by atoms with E-state index in [1.54, 1.807) is 0 Å². The summed E-state index contributed by atoms with van der Waals surface area (Å²) in [6, 6.07) is 6.57. The molecular weight excluding hydrogens is 300 g/mol. The third-order valence-corrected chi connectivity index (χ3v) is 3.84. The summed E-state index contributed by atoms with van der Waals surface area (Å²) in [6.45, 7) is 9.36. The Labute approximate surface area is 139 Å². The highest BCUT2D eigenvalue weighted by Gasteiger charge is 2.19. The number of piperazine rings is 1. The highest BCUT2D eigenvalue weighted by Crippen LogP contribution is 2.19. The van der Waals surface area contributed by atoms with Gasteiger partial charge in [0.1, 0.15) is 5.75 Å². The van der Waals surface area contributed by atoms with Crippen LogP contribution in [0.2, 0.25) is 0 Å². The molecule has 1 aromatic carbocycles. The molecule has 0 aliphatic carbocycles. The summed E-state index contributed by atoms with van der Waals surface area (Å²) in [5, 5.41) is 3.35. The lowest BCUT2D eigenvalue weighted by atomic mass is 10.1. The number of aryl methyl sites for hydroxylation is 2. The summed E-state index contributed by atoms with van der Waals surface area (Å²) in [7, 11) is 0. The van der Waals surface area contributed by atoms with E-state index in [1.807, 2.05) is 11.0 Å². The molecule has 0 radical (unpaired) electrons. The Morgan fingerprint density at radius 3 is 2.86 bits per heavy atom. The maximum atomic E-state index is 12.1. The molecule has 1 N–H and O–H groups in total. The standard InChI is InChI=1S/C17H26N2O2.ClH/c1-13-6-7-16(14(2)11-13)21-10-4-5-17(20)19-9-8-18-15(3)12-19;/h6-7,11,15,18H,4-5,8-10,12H2,1-3H3;1H/t15-;/m1./s1. The zero-order chi connectivity index (χ0) is 15.2. The molecule has 0 bridgehead atoms. The first-order valence-corrected chi connectivity index (χ1v) is 7.77. The highest BCUT2D eigenvalue weighted by atomic mass is 35.5. The van der Waals surface area contributed by atoms with Gasteiger partial charge in [-0.25, -0.2) is 0 Å². The first-order valence-electron chi connectivity index (χ1n) is 7.77. The van der Waals surface area contributed by atoms with E-state index < -0.39 is 0 Å². The Hall–Kier alpha value is -1.26. The molecular formula is C17H27ClN2O2. The van der Waals surface area contributed by atoms with Gasteiger partial charge in [0.05, 0.1) is 6.61 Å². The van der Waals surface area contributed by atoms with Crippen LogP contribution < -0.4 is 10.1 Å². The normalized spacial score (nSPS) is 17.8. The molecule has 1 amide bonds. The minimum atomic E-state index is 0. The topological polar surface area (TPSA) is 41.6 Å². The third-order valence-electron chi connectivity index (χ3n) is 3.84. The minimum Gasteiger partial charge on any atom is -0.493 e. The maximum Gasteiger partial charge on any atom is 0.222 e. The summed E-state index contributed by atoms with van der Waals surface area (Å²) >= 11 is 0. The molecule has 1 heterocycles. The third kappa shape index (κ3) is 5.50. The van der Waals surface area contributed by atoms with Crippen molar-refractivity contribution in [2.45, 2.75) is 39.7 Å². The van der Waals surface area contributed by atoms with Crippen LogP contribution in [0.15, 0.2) is 18.2 Å². The summed E-state index contributed by atoms with van der Waals surface area (Å²) < 4.78 is 5.77. The minimum absolute atomic E-state index is 0. The summed E-state index contributed by atoms with van der Waals surface area (Å²) in [5.41, 5.74) is 2.39. The molecule has 1 aliphatic rings. The highest BCUT2D eigenvalue weighted by molar-refractivity contribution is 5.85. The van der Waals surface area contributed by atoms with Crippen molar-refractivity contribution >= 4 is 18.3 Å². The van der Waals surface area contributed by atoms with Crippen molar-refractivity contribution in [3.05, 3.63) is 29.3 Å². The molecule has 1 saturated heterocycles. The number of carbonyl (C=O) groups is 1. The molecule has 0 unspecified atom stereocenters. The van der Waals surface area contributed by atoms with Gasteiger partial charge in [0.2, 0.25) is 5.91 Å². The average molecular weight is 327 g/mol. The second kappa shape index (κ2) is 9.01. The number of nitrogens with zero attached hydrogens (tertiary/aromatic N) is 1. The predicted molar refractivity (Wildman–Crippen MR) is 91.9 cm³/mol. The monoisotopic (exact) mass is 326 g/mol. The smallest absolute Gasteiger partial charge is 0.222 e. The first kappa shape index (κ1) is 18.8. The van der Waals surface area contributed by atoms with Crippen LogP contribution in [0, 0.1) is 13.8 Å². The quantitative estimate of drug-likeness (QED) is 0.846. The summed E-state index contributed by atoms with van der Waals surface area (Å²) in [6.07, 6.45) is 1.34. The van der Waals surface area contributed by atoms with Gasteiger partial charge in [-0.2, -0.15) is 0 Å². The van der Waals surface area contributed by atoms with Gasteiger partial charge in [0, 0.05) is 32.1 Å². The predicted octanol–water partition coefficient (Wildman–Crippen LogP) is 2.70. The van der Waals surface area contributed by atoms with Crippen molar-refractivity contribution in [2.24, 2.45) is 0 Å². The van der Waals surface area contributed by atoms with Gasteiger partial charge in [-0.3, -0.25) is 4.79 Å². The molecule has 0 aromatic heterocycles. The number of hydrogen-bond donors (Lipinski definition) is 1. The van der Waals surface area contributed by atoms with E-state index in [0.717, 1.165) is 37.4 Å². The molecule has 1 fully saturated rings. The van der Waals surface area contributed by atoms with Crippen molar-refractivity contribution in [1.29, 1.82) is 0 Å². The number of benzene rings is 1. The Bertz CT molecular complexity index is 494. The van der Waals surface area contributed by atoms with Gasteiger partial charge in [0.25, 0.3) is 0 Å². The van der Waals surface area contributed by atoms with Crippen LogP contribution in [0.25, 0.3) is 0 Å². The van der Waals surface area contributed by atoms with Gasteiger partial charge >= 0.3 is 0 Å². The van der Waals surface area contributed by atoms with Crippen molar-refractivity contribution in [3.8, 4) is 5.75 Å². The lowest BCUT2D eigenvalue weighted by Gasteiger charge is -2.32. The summed E-state index contributed by atoms with van der Waals surface area (Å²) in [5.74, 6) is 1.16. The number of nitrogens with one attached hydrogen (secondary N) is 1. The van der Waals surface area contributed by atoms with E-state index >= 15 is 0 Å². The lowest BCUT2D eigenvalue weighted by Crippen LogP contribution is -2.51. The average Bonchev–Trinajstić information content (AvgIpc) is 2.45. The van der Waals surface area contributed by atoms with Crippen LogP contribution in [0.4, 0.5) is 0 Å². The number of ether oxygens (including phenoxy) is 1. The second-order valence-electron chi connectivity index (χ2n) is 5.92. The first-order chi connectivity index (χ1) is 10.1. The molecule has 0 saturated carbocycles. The fraction of sp³-hybridized carbons (Fsp3) is 0.588.